The Labute approximate surface area is 133 Å². The van der Waals surface area contributed by atoms with E-state index in [1.807, 2.05) is 18.1 Å². The summed E-state index contributed by atoms with van der Waals surface area (Å²) in [4.78, 5) is 17.4. The number of hydrogen-bond donors (Lipinski definition) is 0. The molecule has 1 unspecified atom stereocenters. The SMILES string of the molecule is CC(C)C1CN(C(=O)c2cnn(C)c2)CCCN1CC1CC1. The Balaban J connectivity index is 1.71. The lowest BCUT2D eigenvalue weighted by Crippen LogP contribution is -2.46. The minimum Gasteiger partial charge on any atom is -0.337 e. The normalized spacial score (nSPS) is 23.8. The van der Waals surface area contributed by atoms with Crippen LogP contribution in [-0.4, -0.2) is 57.7 Å². The maximum Gasteiger partial charge on any atom is 0.257 e. The molecule has 1 aromatic rings. The lowest BCUT2D eigenvalue weighted by Gasteiger charge is -2.34. The standard InChI is InChI=1S/C17H28N4O/c1-13(2)16-12-21(17(22)15-9-18-19(3)11-15)8-4-7-20(16)10-14-5-6-14/h9,11,13-14,16H,4-8,10,12H2,1-3H3. The lowest BCUT2D eigenvalue weighted by atomic mass is 10.0. The molecule has 5 nitrogen and oxygen atoms in total. The van der Waals surface area contributed by atoms with Gasteiger partial charge in [0.2, 0.25) is 0 Å². The molecular weight excluding hydrogens is 276 g/mol. The third-order valence-electron chi connectivity index (χ3n) is 4.95. The van der Waals surface area contributed by atoms with Crippen molar-refractivity contribution >= 4 is 5.91 Å². The Kier molecular flexibility index (Phi) is 4.52. The van der Waals surface area contributed by atoms with Crippen LogP contribution in [-0.2, 0) is 7.05 Å². The quantitative estimate of drug-likeness (QED) is 0.854. The molecule has 2 fully saturated rings. The van der Waals surface area contributed by atoms with Gasteiger partial charge in [-0.3, -0.25) is 14.4 Å². The summed E-state index contributed by atoms with van der Waals surface area (Å²) in [6.07, 6.45) is 7.35. The number of amides is 1. The highest BCUT2D eigenvalue weighted by Gasteiger charge is 2.33. The van der Waals surface area contributed by atoms with E-state index >= 15 is 0 Å². The Morgan fingerprint density at radius 1 is 1.36 bits per heavy atom. The molecule has 1 aliphatic carbocycles. The molecule has 122 valence electrons. The first kappa shape index (κ1) is 15.5. The van der Waals surface area contributed by atoms with Crippen molar-refractivity contribution in [1.29, 1.82) is 0 Å². The zero-order valence-electron chi connectivity index (χ0n) is 14.0. The van der Waals surface area contributed by atoms with E-state index in [1.165, 1.54) is 19.4 Å². The van der Waals surface area contributed by atoms with Gasteiger partial charge in [-0.1, -0.05) is 13.8 Å². The minimum atomic E-state index is 0.132. The molecule has 22 heavy (non-hydrogen) atoms. The van der Waals surface area contributed by atoms with Crippen molar-refractivity contribution in [1.82, 2.24) is 19.6 Å². The van der Waals surface area contributed by atoms with Gasteiger partial charge in [-0.25, -0.2) is 0 Å². The van der Waals surface area contributed by atoms with Crippen LogP contribution in [0, 0.1) is 11.8 Å². The first-order valence-electron chi connectivity index (χ1n) is 8.56. The topological polar surface area (TPSA) is 41.4 Å². The average molecular weight is 304 g/mol. The van der Waals surface area contributed by atoms with Gasteiger partial charge in [-0.2, -0.15) is 5.10 Å². The van der Waals surface area contributed by atoms with E-state index in [-0.39, 0.29) is 5.91 Å². The van der Waals surface area contributed by atoms with Crippen molar-refractivity contribution in [2.75, 3.05) is 26.2 Å². The van der Waals surface area contributed by atoms with Gasteiger partial charge in [0.25, 0.3) is 5.91 Å². The zero-order chi connectivity index (χ0) is 15.7. The molecule has 0 aromatic carbocycles. The zero-order valence-corrected chi connectivity index (χ0v) is 14.0. The fourth-order valence-corrected chi connectivity index (χ4v) is 3.45. The molecule has 0 spiro atoms. The summed E-state index contributed by atoms with van der Waals surface area (Å²) in [6, 6.07) is 0.476. The average Bonchev–Trinajstić information content (AvgIpc) is 3.23. The van der Waals surface area contributed by atoms with Crippen molar-refractivity contribution in [2.24, 2.45) is 18.9 Å². The van der Waals surface area contributed by atoms with E-state index < -0.39 is 0 Å². The summed E-state index contributed by atoms with van der Waals surface area (Å²) in [5, 5.41) is 4.13. The third-order valence-corrected chi connectivity index (χ3v) is 4.95. The molecule has 1 atom stereocenters. The monoisotopic (exact) mass is 304 g/mol. The van der Waals surface area contributed by atoms with Crippen LogP contribution in [0.5, 0.6) is 0 Å². The fraction of sp³-hybridized carbons (Fsp3) is 0.765. The molecule has 1 aliphatic heterocycles. The first-order valence-corrected chi connectivity index (χ1v) is 8.56. The summed E-state index contributed by atoms with van der Waals surface area (Å²) in [5.41, 5.74) is 0.709. The van der Waals surface area contributed by atoms with Crippen LogP contribution in [0.1, 0.15) is 43.5 Å². The molecule has 0 bridgehead atoms. The summed E-state index contributed by atoms with van der Waals surface area (Å²) >= 11 is 0. The van der Waals surface area contributed by atoms with E-state index in [2.05, 4.69) is 23.8 Å². The number of carbonyl (C=O) groups is 1. The molecule has 1 saturated heterocycles. The van der Waals surface area contributed by atoms with Gasteiger partial charge in [0.15, 0.2) is 0 Å². The summed E-state index contributed by atoms with van der Waals surface area (Å²) < 4.78 is 1.70. The van der Waals surface area contributed by atoms with Gasteiger partial charge in [0, 0.05) is 45.5 Å². The smallest absolute Gasteiger partial charge is 0.257 e. The highest BCUT2D eigenvalue weighted by molar-refractivity contribution is 5.93. The van der Waals surface area contributed by atoms with Crippen LogP contribution in [0.25, 0.3) is 0 Å². The molecule has 1 aromatic heterocycles. The molecule has 2 heterocycles. The highest BCUT2D eigenvalue weighted by atomic mass is 16.2. The van der Waals surface area contributed by atoms with Crippen LogP contribution in [0.4, 0.5) is 0 Å². The highest BCUT2D eigenvalue weighted by Crippen LogP contribution is 2.32. The number of nitrogens with zero attached hydrogens (tertiary/aromatic N) is 4. The van der Waals surface area contributed by atoms with E-state index in [4.69, 9.17) is 0 Å². The van der Waals surface area contributed by atoms with E-state index in [9.17, 15) is 4.79 Å². The molecule has 2 aliphatic rings. The number of carbonyl (C=O) groups excluding carboxylic acids is 1. The van der Waals surface area contributed by atoms with E-state index in [1.54, 1.807) is 10.9 Å². The van der Waals surface area contributed by atoms with Gasteiger partial charge in [-0.05, 0) is 31.1 Å². The minimum absolute atomic E-state index is 0.132. The first-order chi connectivity index (χ1) is 10.5. The number of hydrogen-bond acceptors (Lipinski definition) is 3. The molecule has 5 heteroatoms. The van der Waals surface area contributed by atoms with Crippen molar-refractivity contribution in [3.05, 3.63) is 18.0 Å². The Bertz CT molecular complexity index is 520. The van der Waals surface area contributed by atoms with E-state index in [0.29, 0.717) is 17.5 Å². The molecule has 3 rings (SSSR count). The van der Waals surface area contributed by atoms with Crippen molar-refractivity contribution in [2.45, 2.75) is 39.2 Å². The molecule has 1 saturated carbocycles. The van der Waals surface area contributed by atoms with Gasteiger partial charge < -0.3 is 4.90 Å². The van der Waals surface area contributed by atoms with Crippen LogP contribution in [0.2, 0.25) is 0 Å². The number of aromatic nitrogens is 2. The molecular formula is C17H28N4O. The summed E-state index contributed by atoms with van der Waals surface area (Å²) in [7, 11) is 1.85. The van der Waals surface area contributed by atoms with Crippen molar-refractivity contribution in [3.63, 3.8) is 0 Å². The second-order valence-electron chi connectivity index (χ2n) is 7.26. The number of aryl methyl sites for hydroxylation is 1. The molecule has 0 radical (unpaired) electrons. The Hall–Kier alpha value is -1.36. The van der Waals surface area contributed by atoms with Crippen LogP contribution < -0.4 is 0 Å². The van der Waals surface area contributed by atoms with Gasteiger partial charge in [-0.15, -0.1) is 0 Å². The fourth-order valence-electron chi connectivity index (χ4n) is 3.45. The predicted octanol–water partition coefficient (Wildman–Crippen LogP) is 2.00. The maximum absolute atomic E-state index is 12.7. The summed E-state index contributed by atoms with van der Waals surface area (Å²) in [6.45, 7) is 8.61. The summed E-state index contributed by atoms with van der Waals surface area (Å²) in [5.74, 6) is 1.61. The van der Waals surface area contributed by atoms with Crippen LogP contribution in [0.3, 0.4) is 0 Å². The largest absolute Gasteiger partial charge is 0.337 e. The Morgan fingerprint density at radius 3 is 2.73 bits per heavy atom. The van der Waals surface area contributed by atoms with Gasteiger partial charge in [0.05, 0.1) is 11.8 Å². The maximum atomic E-state index is 12.7. The van der Waals surface area contributed by atoms with Gasteiger partial charge in [0.1, 0.15) is 0 Å². The second kappa shape index (κ2) is 6.41. The van der Waals surface area contributed by atoms with Crippen molar-refractivity contribution in [3.8, 4) is 0 Å². The second-order valence-corrected chi connectivity index (χ2v) is 7.26. The predicted molar refractivity (Wildman–Crippen MR) is 86.7 cm³/mol. The molecule has 1 amide bonds. The number of rotatable bonds is 4. The third kappa shape index (κ3) is 3.51. The van der Waals surface area contributed by atoms with Crippen LogP contribution >= 0.6 is 0 Å². The lowest BCUT2D eigenvalue weighted by molar-refractivity contribution is 0.0704. The van der Waals surface area contributed by atoms with Gasteiger partial charge >= 0.3 is 0 Å². The van der Waals surface area contributed by atoms with E-state index in [0.717, 1.165) is 32.0 Å². The van der Waals surface area contributed by atoms with Crippen molar-refractivity contribution < 1.29 is 4.79 Å². The Morgan fingerprint density at radius 2 is 2.14 bits per heavy atom. The molecule has 0 N–H and O–H groups in total. The van der Waals surface area contributed by atoms with Crippen LogP contribution in [0.15, 0.2) is 12.4 Å².